The van der Waals surface area contributed by atoms with Crippen LogP contribution in [0.3, 0.4) is 0 Å². The third-order valence-electron chi connectivity index (χ3n) is 4.51. The number of allylic oxidation sites excluding steroid dienone is 1. The van der Waals surface area contributed by atoms with Gasteiger partial charge in [0.05, 0.1) is 5.70 Å². The van der Waals surface area contributed by atoms with E-state index in [0.717, 1.165) is 43.7 Å². The van der Waals surface area contributed by atoms with Gasteiger partial charge >= 0.3 is 0 Å². The average molecular weight is 500 g/mol. The highest BCUT2D eigenvalue weighted by atomic mass is 79.9. The summed E-state index contributed by atoms with van der Waals surface area (Å²) in [7, 11) is 2.01. The molecule has 0 heterocycles. The van der Waals surface area contributed by atoms with Crippen LogP contribution >= 0.6 is 31.9 Å². The zero-order valence-electron chi connectivity index (χ0n) is 15.6. The van der Waals surface area contributed by atoms with Gasteiger partial charge in [-0.15, -0.1) is 0 Å². The quantitative estimate of drug-likeness (QED) is 0.352. The minimum atomic E-state index is 0.813. The van der Waals surface area contributed by atoms with E-state index in [1.165, 1.54) is 0 Å². The van der Waals surface area contributed by atoms with E-state index in [4.69, 9.17) is 0 Å². The SMILES string of the molecule is C/C(=C(\c1ccccc1)N(C)c1ccc(Br)cc1)N(C=O)c1ccc(Br)cc1. The molecule has 142 valence electrons. The summed E-state index contributed by atoms with van der Waals surface area (Å²) in [6.45, 7) is 1.97. The standard InChI is InChI=1S/C23H20Br2N2O/c1-17(27(16-28)22-14-10-20(25)11-15-22)23(18-6-4-3-5-7-18)26(2)21-12-8-19(24)9-13-21/h3-16H,1-2H3/b23-17-. The molecule has 0 fully saturated rings. The molecule has 0 aliphatic rings. The van der Waals surface area contributed by atoms with E-state index < -0.39 is 0 Å². The molecular formula is C23H20Br2N2O. The molecule has 0 radical (unpaired) electrons. The number of nitrogens with zero attached hydrogens (tertiary/aromatic N) is 2. The summed E-state index contributed by atoms with van der Waals surface area (Å²) in [6, 6.07) is 25.9. The molecule has 3 rings (SSSR count). The molecule has 0 aliphatic carbocycles. The summed E-state index contributed by atoms with van der Waals surface area (Å²) in [5.41, 5.74) is 4.68. The zero-order valence-corrected chi connectivity index (χ0v) is 18.8. The number of rotatable bonds is 6. The minimum absolute atomic E-state index is 0.813. The minimum Gasteiger partial charge on any atom is -0.343 e. The highest BCUT2D eigenvalue weighted by molar-refractivity contribution is 9.10. The van der Waals surface area contributed by atoms with Gasteiger partial charge in [0.2, 0.25) is 6.41 Å². The van der Waals surface area contributed by atoms with Gasteiger partial charge in [-0.3, -0.25) is 9.69 Å². The van der Waals surface area contributed by atoms with Crippen molar-refractivity contribution < 1.29 is 4.79 Å². The van der Waals surface area contributed by atoms with Crippen molar-refractivity contribution in [3.63, 3.8) is 0 Å². The van der Waals surface area contributed by atoms with Crippen LogP contribution in [0.2, 0.25) is 0 Å². The third kappa shape index (κ3) is 4.54. The van der Waals surface area contributed by atoms with Gasteiger partial charge in [0.15, 0.2) is 0 Å². The fourth-order valence-electron chi connectivity index (χ4n) is 3.08. The van der Waals surface area contributed by atoms with Gasteiger partial charge in [0.1, 0.15) is 0 Å². The predicted octanol–water partition coefficient (Wildman–Crippen LogP) is 6.70. The maximum Gasteiger partial charge on any atom is 0.218 e. The number of halogens is 2. The summed E-state index contributed by atoms with van der Waals surface area (Å²) >= 11 is 6.94. The van der Waals surface area contributed by atoms with Crippen molar-refractivity contribution in [2.24, 2.45) is 0 Å². The zero-order chi connectivity index (χ0) is 20.1. The van der Waals surface area contributed by atoms with Crippen LogP contribution in [0.1, 0.15) is 12.5 Å². The van der Waals surface area contributed by atoms with Crippen molar-refractivity contribution in [3.8, 4) is 0 Å². The lowest BCUT2D eigenvalue weighted by molar-refractivity contribution is -0.107. The van der Waals surface area contributed by atoms with Crippen LogP contribution in [0.25, 0.3) is 5.70 Å². The maximum absolute atomic E-state index is 12.0. The Morgan fingerprint density at radius 2 is 1.29 bits per heavy atom. The number of benzene rings is 3. The molecule has 0 aliphatic heterocycles. The number of hydrogen-bond acceptors (Lipinski definition) is 2. The molecule has 0 N–H and O–H groups in total. The topological polar surface area (TPSA) is 23.6 Å². The summed E-state index contributed by atoms with van der Waals surface area (Å²) < 4.78 is 2.00. The lowest BCUT2D eigenvalue weighted by Gasteiger charge is -2.29. The summed E-state index contributed by atoms with van der Waals surface area (Å²) in [4.78, 5) is 15.8. The molecule has 0 aromatic heterocycles. The van der Waals surface area contributed by atoms with Crippen LogP contribution in [-0.4, -0.2) is 13.5 Å². The van der Waals surface area contributed by atoms with Gasteiger partial charge in [-0.1, -0.05) is 62.2 Å². The molecule has 3 aromatic rings. The van der Waals surface area contributed by atoms with E-state index in [2.05, 4.69) is 48.9 Å². The van der Waals surface area contributed by atoms with Crippen LogP contribution in [0.4, 0.5) is 11.4 Å². The van der Waals surface area contributed by atoms with Gasteiger partial charge < -0.3 is 4.90 Å². The normalized spacial score (nSPS) is 11.6. The largest absolute Gasteiger partial charge is 0.343 e. The van der Waals surface area contributed by atoms with E-state index in [1.807, 2.05) is 80.7 Å². The van der Waals surface area contributed by atoms with Crippen molar-refractivity contribution in [2.45, 2.75) is 6.92 Å². The Morgan fingerprint density at radius 1 is 0.786 bits per heavy atom. The van der Waals surface area contributed by atoms with Gasteiger partial charge in [0, 0.05) is 33.1 Å². The highest BCUT2D eigenvalue weighted by Gasteiger charge is 2.18. The van der Waals surface area contributed by atoms with E-state index in [-0.39, 0.29) is 0 Å². The number of anilines is 2. The lowest BCUT2D eigenvalue weighted by atomic mass is 10.1. The molecule has 0 atom stereocenters. The Morgan fingerprint density at radius 3 is 1.79 bits per heavy atom. The van der Waals surface area contributed by atoms with Crippen LogP contribution in [0.5, 0.6) is 0 Å². The van der Waals surface area contributed by atoms with Gasteiger partial charge in [0.25, 0.3) is 0 Å². The van der Waals surface area contributed by atoms with Crippen LogP contribution in [-0.2, 0) is 4.79 Å². The first-order valence-electron chi connectivity index (χ1n) is 8.77. The number of carbonyl (C=O) groups is 1. The molecule has 0 spiro atoms. The molecule has 0 unspecified atom stereocenters. The summed E-state index contributed by atoms with van der Waals surface area (Å²) in [6.07, 6.45) is 0.858. The monoisotopic (exact) mass is 498 g/mol. The Bertz CT molecular complexity index is 968. The first-order chi connectivity index (χ1) is 13.5. The molecule has 3 aromatic carbocycles. The van der Waals surface area contributed by atoms with Crippen molar-refractivity contribution in [2.75, 3.05) is 16.8 Å². The van der Waals surface area contributed by atoms with Crippen molar-refractivity contribution in [3.05, 3.63) is 99.1 Å². The van der Waals surface area contributed by atoms with Crippen LogP contribution in [0.15, 0.2) is 93.5 Å². The molecular weight excluding hydrogens is 480 g/mol. The molecule has 0 bridgehead atoms. The van der Waals surface area contributed by atoms with E-state index in [1.54, 1.807) is 4.90 Å². The Kier molecular flexibility index (Phi) is 6.70. The van der Waals surface area contributed by atoms with Gasteiger partial charge in [-0.05, 0) is 61.0 Å². The molecule has 3 nitrogen and oxygen atoms in total. The van der Waals surface area contributed by atoms with E-state index in [0.29, 0.717) is 0 Å². The third-order valence-corrected chi connectivity index (χ3v) is 5.57. The molecule has 0 saturated heterocycles. The van der Waals surface area contributed by atoms with Crippen molar-refractivity contribution in [1.82, 2.24) is 0 Å². The first kappa shape index (κ1) is 20.4. The fraction of sp³-hybridized carbons (Fsp3) is 0.0870. The first-order valence-corrected chi connectivity index (χ1v) is 10.4. The number of amides is 1. The molecule has 0 saturated carbocycles. The second-order valence-electron chi connectivity index (χ2n) is 6.29. The van der Waals surface area contributed by atoms with Crippen LogP contribution in [0, 0.1) is 0 Å². The van der Waals surface area contributed by atoms with E-state index >= 15 is 0 Å². The second-order valence-corrected chi connectivity index (χ2v) is 8.12. The number of carbonyl (C=O) groups excluding carboxylic acids is 1. The number of hydrogen-bond donors (Lipinski definition) is 0. The van der Waals surface area contributed by atoms with Gasteiger partial charge in [-0.2, -0.15) is 0 Å². The average Bonchev–Trinajstić information content (AvgIpc) is 2.71. The predicted molar refractivity (Wildman–Crippen MR) is 124 cm³/mol. The summed E-state index contributed by atoms with van der Waals surface area (Å²) in [5, 5.41) is 0. The maximum atomic E-state index is 12.0. The van der Waals surface area contributed by atoms with E-state index in [9.17, 15) is 4.79 Å². The Balaban J connectivity index is 2.14. The lowest BCUT2D eigenvalue weighted by Crippen LogP contribution is -2.25. The Labute approximate surface area is 182 Å². The fourth-order valence-corrected chi connectivity index (χ4v) is 3.61. The molecule has 28 heavy (non-hydrogen) atoms. The summed E-state index contributed by atoms with van der Waals surface area (Å²) in [5.74, 6) is 0. The Hall–Kier alpha value is -2.37. The smallest absolute Gasteiger partial charge is 0.218 e. The highest BCUT2D eigenvalue weighted by Crippen LogP contribution is 2.31. The molecule has 5 heteroatoms. The van der Waals surface area contributed by atoms with Crippen molar-refractivity contribution in [1.29, 1.82) is 0 Å². The van der Waals surface area contributed by atoms with Crippen molar-refractivity contribution >= 4 is 55.3 Å². The van der Waals surface area contributed by atoms with Gasteiger partial charge in [-0.25, -0.2) is 0 Å². The van der Waals surface area contributed by atoms with Crippen LogP contribution < -0.4 is 9.80 Å². The second kappa shape index (κ2) is 9.22. The molecule has 1 amide bonds.